The minimum absolute atomic E-state index is 0.0761. The van der Waals surface area contributed by atoms with Crippen molar-refractivity contribution in [3.63, 3.8) is 0 Å². The van der Waals surface area contributed by atoms with Crippen LogP contribution < -0.4 is 11.1 Å². The van der Waals surface area contributed by atoms with Crippen LogP contribution in [-0.4, -0.2) is 17.1 Å². The van der Waals surface area contributed by atoms with Crippen LogP contribution in [0.5, 0.6) is 0 Å². The number of carbonyl (C=O) groups excluding carboxylic acids is 1. The SMILES string of the molecule is NC(=O)Nc1c(-c2cccs2)csc1C(=O)O. The molecule has 0 spiro atoms. The van der Waals surface area contributed by atoms with E-state index in [9.17, 15) is 9.59 Å². The Labute approximate surface area is 105 Å². The van der Waals surface area contributed by atoms with Gasteiger partial charge >= 0.3 is 12.0 Å². The van der Waals surface area contributed by atoms with E-state index in [2.05, 4.69) is 5.32 Å². The second-order valence-electron chi connectivity index (χ2n) is 3.13. The Hall–Kier alpha value is -1.86. The number of nitrogens with two attached hydrogens (primary N) is 1. The molecule has 2 aromatic heterocycles. The molecule has 0 fully saturated rings. The fourth-order valence-electron chi connectivity index (χ4n) is 1.38. The highest BCUT2D eigenvalue weighted by Gasteiger charge is 2.19. The molecule has 0 aliphatic heterocycles. The van der Waals surface area contributed by atoms with Crippen LogP contribution in [0.1, 0.15) is 9.67 Å². The van der Waals surface area contributed by atoms with Crippen LogP contribution in [0.15, 0.2) is 22.9 Å². The van der Waals surface area contributed by atoms with Crippen LogP contribution in [0.3, 0.4) is 0 Å². The van der Waals surface area contributed by atoms with Gasteiger partial charge < -0.3 is 16.2 Å². The summed E-state index contributed by atoms with van der Waals surface area (Å²) in [6, 6.07) is 2.93. The smallest absolute Gasteiger partial charge is 0.348 e. The Balaban J connectivity index is 2.53. The van der Waals surface area contributed by atoms with Crippen LogP contribution in [0.4, 0.5) is 10.5 Å². The summed E-state index contributed by atoms with van der Waals surface area (Å²) >= 11 is 2.53. The first-order valence-electron chi connectivity index (χ1n) is 4.54. The van der Waals surface area contributed by atoms with Crippen LogP contribution >= 0.6 is 22.7 Å². The normalized spacial score (nSPS) is 10.1. The van der Waals surface area contributed by atoms with Gasteiger partial charge in [-0.3, -0.25) is 0 Å². The summed E-state index contributed by atoms with van der Waals surface area (Å²) in [5.74, 6) is -1.08. The lowest BCUT2D eigenvalue weighted by Gasteiger charge is -2.04. The molecule has 5 nitrogen and oxygen atoms in total. The first-order valence-corrected chi connectivity index (χ1v) is 6.30. The molecule has 0 aromatic carbocycles. The van der Waals surface area contributed by atoms with Gasteiger partial charge in [-0.25, -0.2) is 9.59 Å². The number of thiophene rings is 2. The monoisotopic (exact) mass is 268 g/mol. The van der Waals surface area contributed by atoms with Gasteiger partial charge in [0.1, 0.15) is 4.88 Å². The minimum atomic E-state index is -1.08. The van der Waals surface area contributed by atoms with Gasteiger partial charge in [0.05, 0.1) is 5.69 Å². The third-order valence-electron chi connectivity index (χ3n) is 2.02. The molecule has 0 bridgehead atoms. The molecule has 0 unspecified atom stereocenters. The molecule has 2 amide bonds. The van der Waals surface area contributed by atoms with E-state index < -0.39 is 12.0 Å². The maximum atomic E-state index is 11.0. The molecule has 4 N–H and O–H groups in total. The van der Waals surface area contributed by atoms with Crippen LogP contribution in [-0.2, 0) is 0 Å². The molecule has 0 saturated heterocycles. The third kappa shape index (κ3) is 2.29. The average molecular weight is 268 g/mol. The quantitative estimate of drug-likeness (QED) is 0.799. The van der Waals surface area contributed by atoms with E-state index in [0.29, 0.717) is 5.56 Å². The van der Waals surface area contributed by atoms with E-state index in [1.807, 2.05) is 17.5 Å². The molecule has 7 heteroatoms. The number of carbonyl (C=O) groups is 2. The summed E-state index contributed by atoms with van der Waals surface area (Å²) in [6.07, 6.45) is 0. The number of urea groups is 1. The van der Waals surface area contributed by atoms with Crippen molar-refractivity contribution in [2.45, 2.75) is 0 Å². The standard InChI is InChI=1S/C10H8N2O3S2/c11-10(15)12-7-5(6-2-1-3-16-6)4-17-8(7)9(13)14/h1-4H,(H,13,14)(H3,11,12,15). The molecule has 2 aromatic rings. The molecule has 0 aliphatic rings. The van der Waals surface area contributed by atoms with Gasteiger partial charge in [0.25, 0.3) is 0 Å². The highest BCUT2D eigenvalue weighted by atomic mass is 32.1. The lowest BCUT2D eigenvalue weighted by Crippen LogP contribution is -2.20. The van der Waals surface area contributed by atoms with Crippen LogP contribution in [0.25, 0.3) is 10.4 Å². The molecule has 17 heavy (non-hydrogen) atoms. The number of anilines is 1. The first kappa shape index (κ1) is 11.6. The zero-order valence-corrected chi connectivity index (χ0v) is 10.1. The van der Waals surface area contributed by atoms with Gasteiger partial charge in [0.2, 0.25) is 0 Å². The summed E-state index contributed by atoms with van der Waals surface area (Å²) < 4.78 is 0. The number of hydrogen-bond donors (Lipinski definition) is 3. The van der Waals surface area contributed by atoms with Gasteiger partial charge in [-0.2, -0.15) is 0 Å². The van der Waals surface area contributed by atoms with Gasteiger partial charge in [-0.05, 0) is 11.4 Å². The number of hydrogen-bond acceptors (Lipinski definition) is 4. The van der Waals surface area contributed by atoms with Crippen molar-refractivity contribution in [2.75, 3.05) is 5.32 Å². The zero-order chi connectivity index (χ0) is 12.4. The summed E-state index contributed by atoms with van der Waals surface area (Å²) in [7, 11) is 0. The lowest BCUT2D eigenvalue weighted by molar-refractivity contribution is 0.0703. The predicted molar refractivity (Wildman–Crippen MR) is 67.8 cm³/mol. The molecule has 0 aliphatic carbocycles. The topological polar surface area (TPSA) is 92.4 Å². The van der Waals surface area contributed by atoms with Crippen molar-refractivity contribution in [2.24, 2.45) is 5.73 Å². The van der Waals surface area contributed by atoms with Crippen LogP contribution in [0.2, 0.25) is 0 Å². The number of primary amides is 1. The Kier molecular flexibility index (Phi) is 3.12. The Bertz CT molecular complexity index is 560. The molecule has 88 valence electrons. The van der Waals surface area contributed by atoms with Crippen molar-refractivity contribution in [3.05, 3.63) is 27.8 Å². The summed E-state index contributed by atoms with van der Waals surface area (Å²) in [5.41, 5.74) is 5.98. The first-order chi connectivity index (χ1) is 8.09. The number of aromatic carboxylic acids is 1. The largest absolute Gasteiger partial charge is 0.477 e. The third-order valence-corrected chi connectivity index (χ3v) is 3.89. The fourth-order valence-corrected chi connectivity index (χ4v) is 3.06. The second kappa shape index (κ2) is 4.56. The lowest BCUT2D eigenvalue weighted by atomic mass is 10.2. The molecule has 0 atom stereocenters. The highest BCUT2D eigenvalue weighted by molar-refractivity contribution is 7.15. The number of amides is 2. The Morgan fingerprint density at radius 3 is 2.65 bits per heavy atom. The van der Waals surface area contributed by atoms with E-state index in [4.69, 9.17) is 10.8 Å². The van der Waals surface area contributed by atoms with Gasteiger partial charge in [-0.1, -0.05) is 6.07 Å². The van der Waals surface area contributed by atoms with E-state index in [1.54, 1.807) is 5.38 Å². The molecular formula is C10H8N2O3S2. The molecule has 0 saturated carbocycles. The van der Waals surface area contributed by atoms with Crippen molar-refractivity contribution in [1.29, 1.82) is 0 Å². The van der Waals surface area contributed by atoms with E-state index >= 15 is 0 Å². The van der Waals surface area contributed by atoms with E-state index in [0.717, 1.165) is 16.2 Å². The van der Waals surface area contributed by atoms with Crippen molar-refractivity contribution in [3.8, 4) is 10.4 Å². The minimum Gasteiger partial charge on any atom is -0.477 e. The number of carboxylic acids is 1. The number of nitrogens with one attached hydrogen (secondary N) is 1. The van der Waals surface area contributed by atoms with Gasteiger partial charge in [-0.15, -0.1) is 22.7 Å². The summed E-state index contributed by atoms with van der Waals surface area (Å²) in [6.45, 7) is 0. The maximum Gasteiger partial charge on any atom is 0.348 e. The number of rotatable bonds is 3. The van der Waals surface area contributed by atoms with Crippen molar-refractivity contribution < 1.29 is 14.7 Å². The maximum absolute atomic E-state index is 11.0. The van der Waals surface area contributed by atoms with E-state index in [1.165, 1.54) is 11.3 Å². The van der Waals surface area contributed by atoms with Gasteiger partial charge in [0.15, 0.2) is 0 Å². The summed E-state index contributed by atoms with van der Waals surface area (Å²) in [4.78, 5) is 22.9. The highest BCUT2D eigenvalue weighted by Crippen LogP contribution is 2.38. The molecule has 2 heterocycles. The molecule has 2 rings (SSSR count). The molecule has 0 radical (unpaired) electrons. The Morgan fingerprint density at radius 1 is 1.35 bits per heavy atom. The fraction of sp³-hybridized carbons (Fsp3) is 0. The predicted octanol–water partition coefficient (Wildman–Crippen LogP) is 2.67. The summed E-state index contributed by atoms with van der Waals surface area (Å²) in [5, 5.41) is 14.9. The second-order valence-corrected chi connectivity index (χ2v) is 4.95. The van der Waals surface area contributed by atoms with E-state index in [-0.39, 0.29) is 10.6 Å². The average Bonchev–Trinajstić information content (AvgIpc) is 2.83. The zero-order valence-electron chi connectivity index (χ0n) is 8.47. The van der Waals surface area contributed by atoms with Crippen LogP contribution in [0, 0.1) is 0 Å². The molecular weight excluding hydrogens is 260 g/mol. The number of carboxylic acid groups (broad SMARTS) is 1. The Morgan fingerprint density at radius 2 is 2.12 bits per heavy atom. The van der Waals surface area contributed by atoms with Crippen molar-refractivity contribution in [1.82, 2.24) is 0 Å². The van der Waals surface area contributed by atoms with Crippen molar-refractivity contribution >= 4 is 40.4 Å². The van der Waals surface area contributed by atoms with Gasteiger partial charge in [0, 0.05) is 15.8 Å².